The number of morpholine rings is 1. The highest BCUT2D eigenvalue weighted by molar-refractivity contribution is 5.75. The van der Waals surface area contributed by atoms with Crippen molar-refractivity contribution in [3.63, 3.8) is 0 Å². The number of halogens is 3. The Labute approximate surface area is 165 Å². The van der Waals surface area contributed by atoms with E-state index in [2.05, 4.69) is 10.2 Å². The Bertz CT molecular complexity index is 884. The van der Waals surface area contributed by atoms with Gasteiger partial charge in [0.2, 0.25) is 5.91 Å². The van der Waals surface area contributed by atoms with Crippen LogP contribution in [0.3, 0.4) is 0 Å². The predicted molar refractivity (Wildman–Crippen MR) is 100 cm³/mol. The maximum Gasteiger partial charge on any atom is 0.417 e. The normalized spacial score (nSPS) is 17.8. The fraction of sp³-hybridized carbons (Fsp3) is 0.400. The molecule has 2 heterocycles. The zero-order chi connectivity index (χ0) is 20.9. The van der Waals surface area contributed by atoms with E-state index in [1.165, 1.54) is 5.56 Å². The van der Waals surface area contributed by atoms with Crippen LogP contribution in [0.25, 0.3) is 0 Å². The third kappa shape index (κ3) is 6.16. The molecule has 1 aliphatic heterocycles. The number of nitrogens with one attached hydrogen (secondary N) is 1. The summed E-state index contributed by atoms with van der Waals surface area (Å²) >= 11 is 0. The maximum absolute atomic E-state index is 12.8. The van der Waals surface area contributed by atoms with Gasteiger partial charge in [-0.1, -0.05) is 30.3 Å². The minimum atomic E-state index is -4.58. The van der Waals surface area contributed by atoms with Gasteiger partial charge in [-0.2, -0.15) is 13.2 Å². The van der Waals surface area contributed by atoms with Crippen LogP contribution in [0, 0.1) is 0 Å². The molecule has 0 spiro atoms. The second-order valence-electron chi connectivity index (χ2n) is 6.90. The Kier molecular flexibility index (Phi) is 6.71. The molecule has 1 aliphatic rings. The third-order valence-electron chi connectivity index (χ3n) is 4.62. The zero-order valence-electron chi connectivity index (χ0n) is 15.7. The lowest BCUT2D eigenvalue weighted by atomic mass is 10.2. The van der Waals surface area contributed by atoms with E-state index in [4.69, 9.17) is 4.74 Å². The van der Waals surface area contributed by atoms with Crippen molar-refractivity contribution in [3.8, 4) is 0 Å². The summed E-state index contributed by atoms with van der Waals surface area (Å²) in [5, 5.41) is 2.64. The molecule has 2 aromatic rings. The smallest absolute Gasteiger partial charge is 0.374 e. The molecular weight excluding hydrogens is 387 g/mol. The number of amides is 1. The number of aromatic nitrogens is 1. The van der Waals surface area contributed by atoms with Gasteiger partial charge < -0.3 is 14.6 Å². The number of alkyl halides is 3. The molecule has 6 nitrogen and oxygen atoms in total. The molecule has 1 N–H and O–H groups in total. The largest absolute Gasteiger partial charge is 0.417 e. The molecule has 29 heavy (non-hydrogen) atoms. The number of carbonyl (C=O) groups excluding carboxylic acids is 1. The topological polar surface area (TPSA) is 63.6 Å². The number of nitrogens with zero attached hydrogens (tertiary/aromatic N) is 2. The fourth-order valence-electron chi connectivity index (χ4n) is 3.15. The molecule has 1 aromatic carbocycles. The van der Waals surface area contributed by atoms with Gasteiger partial charge in [0.1, 0.15) is 6.54 Å². The van der Waals surface area contributed by atoms with E-state index in [1.807, 2.05) is 30.3 Å². The van der Waals surface area contributed by atoms with Crippen molar-refractivity contribution in [1.29, 1.82) is 0 Å². The van der Waals surface area contributed by atoms with E-state index in [0.29, 0.717) is 25.4 Å². The first-order chi connectivity index (χ1) is 13.8. The number of ether oxygens (including phenoxy) is 1. The van der Waals surface area contributed by atoms with Crippen LogP contribution in [0.5, 0.6) is 0 Å². The second-order valence-corrected chi connectivity index (χ2v) is 6.90. The van der Waals surface area contributed by atoms with Gasteiger partial charge in [-0.3, -0.25) is 14.5 Å². The lowest BCUT2D eigenvalue weighted by molar-refractivity contribution is -0.138. The van der Waals surface area contributed by atoms with Crippen molar-refractivity contribution in [1.82, 2.24) is 14.8 Å². The average Bonchev–Trinajstić information content (AvgIpc) is 2.68. The first-order valence-corrected chi connectivity index (χ1v) is 9.23. The van der Waals surface area contributed by atoms with Crippen molar-refractivity contribution in [2.45, 2.75) is 25.4 Å². The van der Waals surface area contributed by atoms with Crippen LogP contribution >= 0.6 is 0 Å². The maximum atomic E-state index is 12.8. The van der Waals surface area contributed by atoms with E-state index in [-0.39, 0.29) is 12.6 Å². The molecule has 0 saturated carbocycles. The summed E-state index contributed by atoms with van der Waals surface area (Å²) in [7, 11) is 0. The second kappa shape index (κ2) is 9.23. The summed E-state index contributed by atoms with van der Waals surface area (Å²) in [6.45, 7) is 2.44. The van der Waals surface area contributed by atoms with E-state index in [9.17, 15) is 22.8 Å². The van der Waals surface area contributed by atoms with Gasteiger partial charge >= 0.3 is 6.18 Å². The van der Waals surface area contributed by atoms with E-state index in [0.717, 1.165) is 23.7 Å². The lowest BCUT2D eigenvalue weighted by Gasteiger charge is -2.33. The summed E-state index contributed by atoms with van der Waals surface area (Å²) < 4.78 is 44.8. The van der Waals surface area contributed by atoms with Crippen LogP contribution < -0.4 is 10.9 Å². The van der Waals surface area contributed by atoms with Gasteiger partial charge in [-0.05, 0) is 11.6 Å². The van der Waals surface area contributed by atoms with E-state index >= 15 is 0 Å². The minimum Gasteiger partial charge on any atom is -0.374 e. The lowest BCUT2D eigenvalue weighted by Crippen LogP contribution is -2.47. The van der Waals surface area contributed by atoms with Crippen LogP contribution in [0.1, 0.15) is 11.1 Å². The van der Waals surface area contributed by atoms with Gasteiger partial charge in [-0.15, -0.1) is 0 Å². The third-order valence-corrected chi connectivity index (χ3v) is 4.62. The zero-order valence-corrected chi connectivity index (χ0v) is 15.7. The Hall–Kier alpha value is -2.65. The molecule has 1 aromatic heterocycles. The van der Waals surface area contributed by atoms with Gasteiger partial charge in [0.25, 0.3) is 5.56 Å². The average molecular weight is 409 g/mol. The number of rotatable bonds is 6. The molecule has 1 atom stereocenters. The Morgan fingerprint density at radius 1 is 1.17 bits per heavy atom. The monoisotopic (exact) mass is 409 g/mol. The van der Waals surface area contributed by atoms with Crippen LogP contribution in [-0.4, -0.2) is 47.7 Å². The molecule has 1 fully saturated rings. The highest BCUT2D eigenvalue weighted by Crippen LogP contribution is 2.27. The molecule has 9 heteroatoms. The van der Waals surface area contributed by atoms with Gasteiger partial charge in [-0.25, -0.2) is 0 Å². The van der Waals surface area contributed by atoms with Crippen molar-refractivity contribution < 1.29 is 22.7 Å². The molecule has 3 rings (SSSR count). The summed E-state index contributed by atoms with van der Waals surface area (Å²) in [6, 6.07) is 11.5. The summed E-state index contributed by atoms with van der Waals surface area (Å²) in [6.07, 6.45) is -4.15. The molecule has 1 saturated heterocycles. The number of carbonyl (C=O) groups is 1. The van der Waals surface area contributed by atoms with Gasteiger partial charge in [0.05, 0.1) is 18.3 Å². The van der Waals surface area contributed by atoms with Crippen molar-refractivity contribution in [3.05, 3.63) is 70.1 Å². The SMILES string of the molecule is O=C(Cn1cc(C(F)(F)F)ccc1=O)NCC1CN(Cc2ccccc2)CCO1. The van der Waals surface area contributed by atoms with E-state index in [1.54, 1.807) is 0 Å². The molecule has 0 bridgehead atoms. The highest BCUT2D eigenvalue weighted by Gasteiger charge is 2.31. The number of pyridine rings is 1. The minimum absolute atomic E-state index is 0.220. The van der Waals surface area contributed by atoms with Crippen molar-refractivity contribution in [2.75, 3.05) is 26.2 Å². The fourth-order valence-corrected chi connectivity index (χ4v) is 3.15. The van der Waals surface area contributed by atoms with Crippen LogP contribution in [0.15, 0.2) is 53.5 Å². The Balaban J connectivity index is 1.51. The standard InChI is InChI=1S/C20H22F3N3O3/c21-20(22,23)16-6-7-19(28)26(12-16)14-18(27)24-10-17-13-25(8-9-29-17)11-15-4-2-1-3-5-15/h1-7,12,17H,8-11,13-14H2,(H,24,27). The van der Waals surface area contributed by atoms with Crippen molar-refractivity contribution in [2.24, 2.45) is 0 Å². The molecule has 156 valence electrons. The molecule has 0 aliphatic carbocycles. The van der Waals surface area contributed by atoms with Crippen LogP contribution in [0.2, 0.25) is 0 Å². The molecule has 0 radical (unpaired) electrons. The Morgan fingerprint density at radius 3 is 2.66 bits per heavy atom. The molecule has 1 unspecified atom stereocenters. The van der Waals surface area contributed by atoms with Crippen LogP contribution in [-0.2, 0) is 28.8 Å². The number of hydrogen-bond acceptors (Lipinski definition) is 4. The predicted octanol–water partition coefficient (Wildman–Crippen LogP) is 1.88. The van der Waals surface area contributed by atoms with Gasteiger partial charge in [0, 0.05) is 38.4 Å². The van der Waals surface area contributed by atoms with Gasteiger partial charge in [0.15, 0.2) is 0 Å². The first-order valence-electron chi connectivity index (χ1n) is 9.23. The summed E-state index contributed by atoms with van der Waals surface area (Å²) in [4.78, 5) is 26.1. The molecular formula is C20H22F3N3O3. The molecule has 1 amide bonds. The Morgan fingerprint density at radius 2 is 1.93 bits per heavy atom. The highest BCUT2D eigenvalue weighted by atomic mass is 19.4. The van der Waals surface area contributed by atoms with Crippen molar-refractivity contribution >= 4 is 5.91 Å². The summed E-state index contributed by atoms with van der Waals surface area (Å²) in [5.41, 5.74) is -0.464. The first kappa shape index (κ1) is 21.1. The number of benzene rings is 1. The van der Waals surface area contributed by atoms with Crippen LogP contribution in [0.4, 0.5) is 13.2 Å². The van der Waals surface area contributed by atoms with E-state index < -0.39 is 29.8 Å². The quantitative estimate of drug-likeness (QED) is 0.792. The summed E-state index contributed by atoms with van der Waals surface area (Å²) in [5.74, 6) is -0.546. The number of hydrogen-bond donors (Lipinski definition) is 1.